The first-order chi connectivity index (χ1) is 11.5. The highest BCUT2D eigenvalue weighted by molar-refractivity contribution is 7.17. The number of aryl methyl sites for hydroxylation is 2. The molecule has 24 heavy (non-hydrogen) atoms. The monoisotopic (exact) mass is 345 g/mol. The molecule has 1 aliphatic heterocycles. The van der Waals surface area contributed by atoms with Gasteiger partial charge in [0.2, 0.25) is 0 Å². The fourth-order valence-electron chi connectivity index (χ4n) is 2.43. The standard InChI is InChI=1S/C17H19N3O3S/c1-11-3-5-13(6-4-11)15(21)19-17-18-12(2)14(24-17)16(22)20-7-9-23-10-8-20/h3-6H,7-10H2,1-2H3,(H,18,19,21). The summed E-state index contributed by atoms with van der Waals surface area (Å²) >= 11 is 1.21. The number of nitrogens with zero attached hydrogens (tertiary/aromatic N) is 2. The van der Waals surface area contributed by atoms with E-state index in [4.69, 9.17) is 4.74 Å². The minimum Gasteiger partial charge on any atom is -0.378 e. The summed E-state index contributed by atoms with van der Waals surface area (Å²) in [7, 11) is 0. The van der Waals surface area contributed by atoms with Gasteiger partial charge >= 0.3 is 0 Å². The van der Waals surface area contributed by atoms with Gasteiger partial charge in [0.25, 0.3) is 11.8 Å². The zero-order valence-electron chi connectivity index (χ0n) is 13.7. The van der Waals surface area contributed by atoms with Crippen LogP contribution < -0.4 is 5.32 Å². The van der Waals surface area contributed by atoms with E-state index in [-0.39, 0.29) is 11.8 Å². The number of benzene rings is 1. The molecule has 6 nitrogen and oxygen atoms in total. The largest absolute Gasteiger partial charge is 0.378 e. The average molecular weight is 345 g/mol. The van der Waals surface area contributed by atoms with Crippen LogP contribution in [0.2, 0.25) is 0 Å². The Kier molecular flexibility index (Phi) is 4.92. The van der Waals surface area contributed by atoms with Crippen LogP contribution in [0.4, 0.5) is 5.13 Å². The number of thiazole rings is 1. The Morgan fingerprint density at radius 1 is 1.17 bits per heavy atom. The Balaban J connectivity index is 1.72. The Morgan fingerprint density at radius 3 is 2.50 bits per heavy atom. The summed E-state index contributed by atoms with van der Waals surface area (Å²) in [6.07, 6.45) is 0. The number of nitrogens with one attached hydrogen (secondary N) is 1. The lowest BCUT2D eigenvalue weighted by molar-refractivity contribution is 0.0305. The molecule has 3 rings (SSSR count). The molecule has 2 heterocycles. The number of ether oxygens (including phenoxy) is 1. The fourth-order valence-corrected chi connectivity index (χ4v) is 3.36. The molecule has 0 saturated carbocycles. The summed E-state index contributed by atoms with van der Waals surface area (Å²) < 4.78 is 5.27. The number of aromatic nitrogens is 1. The van der Waals surface area contributed by atoms with Crippen LogP contribution in [0.15, 0.2) is 24.3 Å². The molecule has 1 aromatic heterocycles. The molecule has 1 N–H and O–H groups in total. The number of hydrogen-bond donors (Lipinski definition) is 1. The van der Waals surface area contributed by atoms with Crippen LogP contribution in [0, 0.1) is 13.8 Å². The Hall–Kier alpha value is -2.25. The third-order valence-electron chi connectivity index (χ3n) is 3.82. The Morgan fingerprint density at radius 2 is 1.83 bits per heavy atom. The molecule has 126 valence electrons. The molecule has 1 saturated heterocycles. The SMILES string of the molecule is Cc1ccc(C(=O)Nc2nc(C)c(C(=O)N3CCOCC3)s2)cc1. The lowest BCUT2D eigenvalue weighted by Gasteiger charge is -2.26. The van der Waals surface area contributed by atoms with Crippen molar-refractivity contribution in [1.29, 1.82) is 0 Å². The van der Waals surface area contributed by atoms with Crippen molar-refractivity contribution < 1.29 is 14.3 Å². The van der Waals surface area contributed by atoms with Crippen LogP contribution in [0.3, 0.4) is 0 Å². The molecule has 0 radical (unpaired) electrons. The van der Waals surface area contributed by atoms with Crippen molar-refractivity contribution in [3.05, 3.63) is 46.0 Å². The summed E-state index contributed by atoms with van der Waals surface area (Å²) in [5.74, 6) is -0.279. The summed E-state index contributed by atoms with van der Waals surface area (Å²) in [4.78, 5) is 31.5. The van der Waals surface area contributed by atoms with Crippen molar-refractivity contribution in [2.24, 2.45) is 0 Å². The first kappa shape index (κ1) is 16.6. The minimum absolute atomic E-state index is 0.0517. The van der Waals surface area contributed by atoms with Crippen molar-refractivity contribution in [3.8, 4) is 0 Å². The van der Waals surface area contributed by atoms with Crippen LogP contribution in [0.25, 0.3) is 0 Å². The van der Waals surface area contributed by atoms with Gasteiger partial charge in [0.05, 0.1) is 18.9 Å². The number of morpholine rings is 1. The first-order valence-corrected chi connectivity index (χ1v) is 8.58. The van der Waals surface area contributed by atoms with Crippen LogP contribution in [0.5, 0.6) is 0 Å². The van der Waals surface area contributed by atoms with E-state index in [1.165, 1.54) is 11.3 Å². The van der Waals surface area contributed by atoms with Crippen molar-refractivity contribution in [2.45, 2.75) is 13.8 Å². The second kappa shape index (κ2) is 7.11. The van der Waals surface area contributed by atoms with Gasteiger partial charge in [-0.15, -0.1) is 0 Å². The van der Waals surface area contributed by atoms with E-state index in [1.54, 1.807) is 24.0 Å². The smallest absolute Gasteiger partial charge is 0.266 e. The Bertz CT molecular complexity index is 749. The molecule has 0 unspecified atom stereocenters. The summed E-state index contributed by atoms with van der Waals surface area (Å²) in [6.45, 7) is 6.03. The number of rotatable bonds is 3. The topological polar surface area (TPSA) is 71.5 Å². The molecular weight excluding hydrogens is 326 g/mol. The van der Waals surface area contributed by atoms with E-state index in [0.717, 1.165) is 5.56 Å². The number of carbonyl (C=O) groups is 2. The minimum atomic E-state index is -0.228. The maximum atomic E-state index is 12.6. The van der Waals surface area contributed by atoms with Crippen LogP contribution >= 0.6 is 11.3 Å². The van der Waals surface area contributed by atoms with E-state index < -0.39 is 0 Å². The van der Waals surface area contributed by atoms with Gasteiger partial charge in [0.15, 0.2) is 5.13 Å². The molecule has 0 spiro atoms. The fraction of sp³-hybridized carbons (Fsp3) is 0.353. The molecule has 1 fully saturated rings. The normalized spacial score (nSPS) is 14.5. The van der Waals surface area contributed by atoms with Gasteiger partial charge in [-0.25, -0.2) is 4.98 Å². The van der Waals surface area contributed by atoms with Gasteiger partial charge in [-0.2, -0.15) is 0 Å². The third-order valence-corrected chi connectivity index (χ3v) is 4.88. The number of carbonyl (C=O) groups excluding carboxylic acids is 2. The van der Waals surface area contributed by atoms with Crippen molar-refractivity contribution in [2.75, 3.05) is 31.6 Å². The highest BCUT2D eigenvalue weighted by atomic mass is 32.1. The van der Waals surface area contributed by atoms with Crippen molar-refractivity contribution in [3.63, 3.8) is 0 Å². The highest BCUT2D eigenvalue weighted by Gasteiger charge is 2.23. The number of anilines is 1. The molecule has 7 heteroatoms. The maximum Gasteiger partial charge on any atom is 0.266 e. The zero-order valence-corrected chi connectivity index (χ0v) is 14.5. The second-order valence-electron chi connectivity index (χ2n) is 5.66. The molecular formula is C17H19N3O3S. The molecule has 0 aliphatic carbocycles. The van der Waals surface area contributed by atoms with Gasteiger partial charge in [-0.1, -0.05) is 29.0 Å². The van der Waals surface area contributed by atoms with Gasteiger partial charge < -0.3 is 9.64 Å². The number of hydrogen-bond acceptors (Lipinski definition) is 5. The lowest BCUT2D eigenvalue weighted by atomic mass is 10.1. The van der Waals surface area contributed by atoms with Crippen molar-refractivity contribution in [1.82, 2.24) is 9.88 Å². The van der Waals surface area contributed by atoms with Crippen LogP contribution in [0.1, 0.15) is 31.3 Å². The molecule has 2 amide bonds. The van der Waals surface area contributed by atoms with E-state index in [2.05, 4.69) is 10.3 Å². The summed E-state index contributed by atoms with van der Waals surface area (Å²) in [6, 6.07) is 7.31. The Labute approximate surface area is 144 Å². The average Bonchev–Trinajstić information content (AvgIpc) is 2.95. The summed E-state index contributed by atoms with van der Waals surface area (Å²) in [5.41, 5.74) is 2.29. The van der Waals surface area contributed by atoms with E-state index in [9.17, 15) is 9.59 Å². The molecule has 0 atom stereocenters. The quantitative estimate of drug-likeness (QED) is 0.928. The van der Waals surface area contributed by atoms with E-state index in [0.29, 0.717) is 47.6 Å². The van der Waals surface area contributed by atoms with E-state index >= 15 is 0 Å². The second-order valence-corrected chi connectivity index (χ2v) is 6.66. The molecule has 0 bridgehead atoms. The van der Waals surface area contributed by atoms with Crippen LogP contribution in [-0.4, -0.2) is 48.0 Å². The van der Waals surface area contributed by atoms with Crippen molar-refractivity contribution >= 4 is 28.3 Å². The van der Waals surface area contributed by atoms with Gasteiger partial charge in [0, 0.05) is 18.7 Å². The molecule has 1 aromatic carbocycles. The first-order valence-electron chi connectivity index (χ1n) is 7.77. The van der Waals surface area contributed by atoms with Crippen LogP contribution in [-0.2, 0) is 4.74 Å². The summed E-state index contributed by atoms with van der Waals surface area (Å²) in [5, 5.41) is 3.21. The van der Waals surface area contributed by atoms with Gasteiger partial charge in [-0.05, 0) is 26.0 Å². The third kappa shape index (κ3) is 3.63. The molecule has 2 aromatic rings. The molecule has 1 aliphatic rings. The zero-order chi connectivity index (χ0) is 17.1. The number of amides is 2. The lowest BCUT2D eigenvalue weighted by Crippen LogP contribution is -2.40. The maximum absolute atomic E-state index is 12.6. The highest BCUT2D eigenvalue weighted by Crippen LogP contribution is 2.25. The predicted octanol–water partition coefficient (Wildman–Crippen LogP) is 2.48. The van der Waals surface area contributed by atoms with E-state index in [1.807, 2.05) is 19.1 Å². The van der Waals surface area contributed by atoms with Gasteiger partial charge in [-0.3, -0.25) is 14.9 Å². The predicted molar refractivity (Wildman–Crippen MR) is 92.7 cm³/mol. The van der Waals surface area contributed by atoms with Gasteiger partial charge in [0.1, 0.15) is 4.88 Å².